The molecular formula is C19H21N3O3. The topological polar surface area (TPSA) is 75.0 Å². The predicted molar refractivity (Wildman–Crippen MR) is 94.0 cm³/mol. The molecule has 0 saturated carbocycles. The molecule has 1 amide bonds. The van der Waals surface area contributed by atoms with Crippen molar-refractivity contribution in [1.29, 1.82) is 0 Å². The first-order valence-corrected chi connectivity index (χ1v) is 8.25. The highest BCUT2D eigenvalue weighted by Crippen LogP contribution is 2.35. The smallest absolute Gasteiger partial charge is 0.283 e. The molecule has 0 saturated heterocycles. The molecule has 1 aliphatic heterocycles. The molecule has 1 N–H and O–H groups in total. The number of amides is 1. The number of rotatable bonds is 5. The van der Waals surface area contributed by atoms with Crippen molar-refractivity contribution in [3.8, 4) is 5.75 Å². The van der Waals surface area contributed by atoms with Crippen LogP contribution in [0.5, 0.6) is 5.75 Å². The molecular weight excluding hydrogens is 318 g/mol. The fraction of sp³-hybridized carbons (Fsp3) is 0.316. The van der Waals surface area contributed by atoms with E-state index in [-0.39, 0.29) is 13.0 Å². The first kappa shape index (κ1) is 17.1. The molecule has 1 unspecified atom stereocenters. The predicted octanol–water partition coefficient (Wildman–Crippen LogP) is 2.61. The van der Waals surface area contributed by atoms with Gasteiger partial charge >= 0.3 is 0 Å². The van der Waals surface area contributed by atoms with Crippen LogP contribution in [0.2, 0.25) is 0 Å². The average Bonchev–Trinajstić information content (AvgIpc) is 3.00. The van der Waals surface area contributed by atoms with Crippen molar-refractivity contribution in [2.24, 2.45) is 5.10 Å². The van der Waals surface area contributed by atoms with E-state index >= 15 is 0 Å². The normalized spacial score (nSPS) is 19.6. The highest BCUT2D eigenvalue weighted by molar-refractivity contribution is 5.91. The average molecular weight is 339 g/mol. The van der Waals surface area contributed by atoms with Crippen molar-refractivity contribution < 1.29 is 14.6 Å². The second-order valence-corrected chi connectivity index (χ2v) is 6.01. The van der Waals surface area contributed by atoms with Gasteiger partial charge < -0.3 is 9.84 Å². The molecule has 0 fully saturated rings. The number of hydrazone groups is 1. The number of aryl methyl sites for hydroxylation is 1. The Kier molecular flexibility index (Phi) is 4.81. The van der Waals surface area contributed by atoms with E-state index in [2.05, 4.69) is 10.1 Å². The highest BCUT2D eigenvalue weighted by atomic mass is 16.5. The number of nitrogens with zero attached hydrogens (tertiary/aromatic N) is 3. The number of hydrogen-bond acceptors (Lipinski definition) is 5. The minimum absolute atomic E-state index is 0.200. The molecule has 1 aromatic heterocycles. The lowest BCUT2D eigenvalue weighted by Crippen LogP contribution is -2.45. The van der Waals surface area contributed by atoms with Crippen molar-refractivity contribution in [2.45, 2.75) is 32.4 Å². The molecule has 3 rings (SSSR count). The van der Waals surface area contributed by atoms with Gasteiger partial charge in [-0.2, -0.15) is 10.1 Å². The molecule has 2 heterocycles. The first-order valence-electron chi connectivity index (χ1n) is 8.25. The van der Waals surface area contributed by atoms with Crippen LogP contribution in [0.15, 0.2) is 53.9 Å². The zero-order valence-electron chi connectivity index (χ0n) is 14.3. The van der Waals surface area contributed by atoms with Gasteiger partial charge in [0.1, 0.15) is 5.75 Å². The van der Waals surface area contributed by atoms with Gasteiger partial charge in [-0.25, -0.2) is 0 Å². The van der Waals surface area contributed by atoms with E-state index in [0.29, 0.717) is 17.7 Å². The van der Waals surface area contributed by atoms with Crippen LogP contribution in [0.1, 0.15) is 30.9 Å². The Bertz CT molecular complexity index is 792. The third-order valence-electron chi connectivity index (χ3n) is 4.26. The molecule has 0 bridgehead atoms. The zero-order valence-corrected chi connectivity index (χ0v) is 14.3. The molecule has 1 atom stereocenters. The van der Waals surface area contributed by atoms with Crippen LogP contribution >= 0.6 is 0 Å². The highest BCUT2D eigenvalue weighted by Gasteiger charge is 2.45. The van der Waals surface area contributed by atoms with Gasteiger partial charge in [0.15, 0.2) is 12.3 Å². The summed E-state index contributed by atoms with van der Waals surface area (Å²) in [5.74, 6) is 0.234. The van der Waals surface area contributed by atoms with Gasteiger partial charge in [0.2, 0.25) is 0 Å². The second kappa shape index (κ2) is 7.03. The van der Waals surface area contributed by atoms with Crippen molar-refractivity contribution >= 4 is 11.6 Å². The Morgan fingerprint density at radius 2 is 2.12 bits per heavy atom. The summed E-state index contributed by atoms with van der Waals surface area (Å²) in [4.78, 5) is 16.7. The monoisotopic (exact) mass is 339 g/mol. The zero-order chi connectivity index (χ0) is 17.9. The minimum Gasteiger partial charge on any atom is -0.483 e. The molecule has 130 valence electrons. The number of aliphatic hydroxyl groups is 1. The maximum atomic E-state index is 12.7. The van der Waals surface area contributed by atoms with Crippen LogP contribution in [0.4, 0.5) is 0 Å². The summed E-state index contributed by atoms with van der Waals surface area (Å²) in [6, 6.07) is 10.9. The van der Waals surface area contributed by atoms with E-state index in [1.54, 1.807) is 30.6 Å². The Labute approximate surface area is 146 Å². The van der Waals surface area contributed by atoms with E-state index in [9.17, 15) is 9.90 Å². The molecule has 2 aromatic rings. The largest absolute Gasteiger partial charge is 0.483 e. The van der Waals surface area contributed by atoms with Crippen molar-refractivity contribution in [3.63, 3.8) is 0 Å². The third-order valence-corrected chi connectivity index (χ3v) is 4.26. The van der Waals surface area contributed by atoms with E-state index in [4.69, 9.17) is 4.74 Å². The maximum absolute atomic E-state index is 12.7. The number of pyridine rings is 1. The Balaban J connectivity index is 1.81. The lowest BCUT2D eigenvalue weighted by Gasteiger charge is -2.31. The molecule has 0 spiro atoms. The molecule has 1 aromatic carbocycles. The lowest BCUT2D eigenvalue weighted by atomic mass is 9.98. The quantitative estimate of drug-likeness (QED) is 0.908. The Morgan fingerprint density at radius 3 is 2.80 bits per heavy atom. The van der Waals surface area contributed by atoms with Crippen molar-refractivity contribution in [3.05, 3.63) is 59.9 Å². The van der Waals surface area contributed by atoms with Crippen LogP contribution < -0.4 is 4.74 Å². The summed E-state index contributed by atoms with van der Waals surface area (Å²) in [6.45, 7) is 3.66. The fourth-order valence-corrected chi connectivity index (χ4v) is 2.82. The van der Waals surface area contributed by atoms with E-state index in [1.165, 1.54) is 0 Å². The van der Waals surface area contributed by atoms with E-state index < -0.39 is 11.6 Å². The van der Waals surface area contributed by atoms with Gasteiger partial charge in [-0.05, 0) is 31.0 Å². The summed E-state index contributed by atoms with van der Waals surface area (Å²) in [7, 11) is 0. The van der Waals surface area contributed by atoms with Crippen LogP contribution in [0.3, 0.4) is 0 Å². The number of ether oxygens (including phenoxy) is 1. The van der Waals surface area contributed by atoms with Crippen LogP contribution in [-0.4, -0.2) is 33.3 Å². The summed E-state index contributed by atoms with van der Waals surface area (Å²) >= 11 is 0. The molecule has 25 heavy (non-hydrogen) atoms. The van der Waals surface area contributed by atoms with Crippen LogP contribution in [0, 0.1) is 6.92 Å². The maximum Gasteiger partial charge on any atom is 0.283 e. The fourth-order valence-electron chi connectivity index (χ4n) is 2.82. The number of carbonyl (C=O) groups is 1. The summed E-state index contributed by atoms with van der Waals surface area (Å²) in [6.07, 6.45) is 4.10. The van der Waals surface area contributed by atoms with Crippen molar-refractivity contribution in [1.82, 2.24) is 9.99 Å². The van der Waals surface area contributed by atoms with Gasteiger partial charge in [-0.3, -0.25) is 9.78 Å². The standard InChI is InChI=1S/C19H21N3O3/c1-3-16-11-19(24,15-8-6-10-20-12-15)22(21-16)18(23)13-25-17-9-5-4-7-14(17)2/h4-10,12,24H,3,11,13H2,1-2H3. The number of para-hydroxylation sites is 1. The molecule has 6 heteroatoms. The Morgan fingerprint density at radius 1 is 1.32 bits per heavy atom. The van der Waals surface area contributed by atoms with Gasteiger partial charge in [-0.1, -0.05) is 31.2 Å². The lowest BCUT2D eigenvalue weighted by molar-refractivity contribution is -0.159. The van der Waals surface area contributed by atoms with Crippen LogP contribution in [-0.2, 0) is 10.5 Å². The van der Waals surface area contributed by atoms with E-state index in [0.717, 1.165) is 16.3 Å². The molecule has 1 aliphatic rings. The molecule has 6 nitrogen and oxygen atoms in total. The molecule has 0 aliphatic carbocycles. The van der Waals surface area contributed by atoms with Gasteiger partial charge in [0.25, 0.3) is 5.91 Å². The number of carbonyl (C=O) groups excluding carboxylic acids is 1. The van der Waals surface area contributed by atoms with Gasteiger partial charge in [0, 0.05) is 30.1 Å². The second-order valence-electron chi connectivity index (χ2n) is 6.01. The third kappa shape index (κ3) is 3.39. The summed E-state index contributed by atoms with van der Waals surface area (Å²) in [5, 5.41) is 16.6. The number of hydrogen-bond donors (Lipinski definition) is 1. The van der Waals surface area contributed by atoms with Crippen molar-refractivity contribution in [2.75, 3.05) is 6.61 Å². The van der Waals surface area contributed by atoms with E-state index in [1.807, 2.05) is 32.0 Å². The number of benzene rings is 1. The summed E-state index contributed by atoms with van der Waals surface area (Å²) in [5.41, 5.74) is 0.713. The van der Waals surface area contributed by atoms with Gasteiger partial charge in [0.05, 0.1) is 0 Å². The Hall–Kier alpha value is -2.73. The molecule has 0 radical (unpaired) electrons. The minimum atomic E-state index is -1.52. The summed E-state index contributed by atoms with van der Waals surface area (Å²) < 4.78 is 5.62. The SMILES string of the molecule is CCC1=NN(C(=O)COc2ccccc2C)C(O)(c2cccnc2)C1. The van der Waals surface area contributed by atoms with Gasteiger partial charge in [-0.15, -0.1) is 0 Å². The first-order chi connectivity index (χ1) is 12.0. The van der Waals surface area contributed by atoms with Crippen LogP contribution in [0.25, 0.3) is 0 Å². The number of aromatic nitrogens is 1.